The van der Waals surface area contributed by atoms with Crippen LogP contribution < -0.4 is 5.30 Å². The molecule has 1 atom stereocenters. The van der Waals surface area contributed by atoms with Crippen molar-refractivity contribution < 1.29 is 4.79 Å². The van der Waals surface area contributed by atoms with Gasteiger partial charge in [0.05, 0.1) is 0 Å². The fourth-order valence-electron chi connectivity index (χ4n) is 1.02. The molecule has 2 heteroatoms. The molecular formula is C19H37OP. The molecule has 21 heavy (non-hydrogen) atoms. The number of hydrogen-bond donors (Lipinski definition) is 0. The van der Waals surface area contributed by atoms with Gasteiger partial charge in [0, 0.05) is 0 Å². The molecule has 1 aromatic carbocycles. The van der Waals surface area contributed by atoms with Gasteiger partial charge >= 0.3 is 0 Å². The fourth-order valence-corrected chi connectivity index (χ4v) is 1.40. The van der Waals surface area contributed by atoms with Crippen molar-refractivity contribution in [3.05, 3.63) is 29.8 Å². The van der Waals surface area contributed by atoms with E-state index in [4.69, 9.17) is 0 Å². The van der Waals surface area contributed by atoms with Crippen LogP contribution in [0.2, 0.25) is 0 Å². The SMILES string of the molecule is CC(C)=O.CC(C)C.CCCCC.Cc1cccc(P)c1. The molecule has 0 saturated heterocycles. The van der Waals surface area contributed by atoms with E-state index >= 15 is 0 Å². The number of hydrogen-bond acceptors (Lipinski definition) is 1. The molecule has 124 valence electrons. The Balaban J connectivity index is -0.000000219. The lowest BCUT2D eigenvalue weighted by Crippen LogP contribution is -1.87. The highest BCUT2D eigenvalue weighted by Gasteiger charge is 1.80. The van der Waals surface area contributed by atoms with Gasteiger partial charge in [-0.05, 0) is 32.0 Å². The summed E-state index contributed by atoms with van der Waals surface area (Å²) < 4.78 is 0. The summed E-state index contributed by atoms with van der Waals surface area (Å²) in [5.41, 5.74) is 1.32. The van der Waals surface area contributed by atoms with Gasteiger partial charge in [-0.25, -0.2) is 0 Å². The quantitative estimate of drug-likeness (QED) is 0.617. The fraction of sp³-hybridized carbons (Fsp3) is 0.632. The van der Waals surface area contributed by atoms with Crippen LogP contribution in [-0.2, 0) is 4.79 Å². The summed E-state index contributed by atoms with van der Waals surface area (Å²) in [6.45, 7) is 16.1. The Morgan fingerprint density at radius 1 is 1.10 bits per heavy atom. The second kappa shape index (κ2) is 19.3. The first-order valence-electron chi connectivity index (χ1n) is 7.96. The van der Waals surface area contributed by atoms with Gasteiger partial charge in [0.25, 0.3) is 0 Å². The molecule has 1 nitrogen and oxygen atoms in total. The van der Waals surface area contributed by atoms with Gasteiger partial charge in [-0.2, -0.15) is 0 Å². The van der Waals surface area contributed by atoms with Crippen LogP contribution in [0.25, 0.3) is 0 Å². The Kier molecular flexibility index (Phi) is 23.3. The molecule has 0 saturated carbocycles. The van der Waals surface area contributed by atoms with Crippen molar-refractivity contribution in [2.24, 2.45) is 5.92 Å². The van der Waals surface area contributed by atoms with Crippen molar-refractivity contribution >= 4 is 20.3 Å². The first-order valence-corrected chi connectivity index (χ1v) is 8.54. The molecule has 0 spiro atoms. The topological polar surface area (TPSA) is 17.1 Å². The largest absolute Gasteiger partial charge is 0.300 e. The predicted molar refractivity (Wildman–Crippen MR) is 103 cm³/mol. The Labute approximate surface area is 136 Å². The van der Waals surface area contributed by atoms with Crippen LogP contribution in [-0.4, -0.2) is 5.78 Å². The minimum absolute atomic E-state index is 0.167. The summed E-state index contributed by atoms with van der Waals surface area (Å²) in [5, 5.41) is 1.25. The molecule has 0 bridgehead atoms. The number of carbonyl (C=O) groups excluding carboxylic acids is 1. The van der Waals surface area contributed by atoms with Crippen molar-refractivity contribution in [3.8, 4) is 0 Å². The Bertz CT molecular complexity index is 306. The van der Waals surface area contributed by atoms with Crippen molar-refractivity contribution in [3.63, 3.8) is 0 Å². The molecule has 0 heterocycles. The zero-order chi connectivity index (χ0) is 17.3. The molecule has 0 aromatic heterocycles. The van der Waals surface area contributed by atoms with Crippen molar-refractivity contribution in [1.82, 2.24) is 0 Å². The van der Waals surface area contributed by atoms with Gasteiger partial charge < -0.3 is 4.79 Å². The second-order valence-electron chi connectivity index (χ2n) is 5.91. The Hall–Kier alpha value is -0.680. The monoisotopic (exact) mass is 312 g/mol. The van der Waals surface area contributed by atoms with Gasteiger partial charge in [-0.3, -0.25) is 0 Å². The number of carbonyl (C=O) groups is 1. The molecular weight excluding hydrogens is 275 g/mol. The van der Waals surface area contributed by atoms with Crippen molar-refractivity contribution in [2.45, 2.75) is 74.7 Å². The smallest absolute Gasteiger partial charge is 0.126 e. The first kappa shape index (κ1) is 25.3. The number of rotatable bonds is 2. The average Bonchev–Trinajstić information content (AvgIpc) is 2.28. The van der Waals surface area contributed by atoms with Crippen LogP contribution in [0.1, 0.15) is 73.3 Å². The molecule has 1 unspecified atom stereocenters. The zero-order valence-electron chi connectivity index (χ0n) is 15.5. The molecule has 0 aliphatic rings. The standard InChI is InChI=1S/C7H9P.C5H12.C4H10.C3H6O/c1-6-3-2-4-7(8)5-6;1-3-5-4-2;1-4(2)3;1-3(2)4/h2-5H,8H2,1H3;3-5H2,1-2H3;4H,1-3H3;1-2H3. The molecule has 0 amide bonds. The lowest BCUT2D eigenvalue weighted by Gasteiger charge is -1.90. The minimum Gasteiger partial charge on any atom is -0.300 e. The number of Topliss-reactive ketones (excluding diaryl/α,β-unsaturated/α-hetero) is 1. The van der Waals surface area contributed by atoms with E-state index in [9.17, 15) is 4.79 Å². The summed E-state index contributed by atoms with van der Waals surface area (Å²) in [4.78, 5) is 9.44. The molecule has 1 aromatic rings. The molecule has 0 fully saturated rings. The third-order valence-electron chi connectivity index (χ3n) is 1.75. The van der Waals surface area contributed by atoms with Crippen LogP contribution >= 0.6 is 9.24 Å². The zero-order valence-corrected chi connectivity index (χ0v) is 16.6. The van der Waals surface area contributed by atoms with Crippen LogP contribution in [0, 0.1) is 12.8 Å². The van der Waals surface area contributed by atoms with Crippen LogP contribution in [0.5, 0.6) is 0 Å². The summed E-state index contributed by atoms with van der Waals surface area (Å²) in [7, 11) is 2.66. The summed E-state index contributed by atoms with van der Waals surface area (Å²) in [6, 6.07) is 8.34. The van der Waals surface area contributed by atoms with E-state index in [1.165, 1.54) is 44.0 Å². The van der Waals surface area contributed by atoms with E-state index in [2.05, 4.69) is 75.0 Å². The van der Waals surface area contributed by atoms with E-state index in [0.29, 0.717) is 0 Å². The van der Waals surface area contributed by atoms with Gasteiger partial charge in [0.1, 0.15) is 5.78 Å². The number of ketones is 1. The normalized spacial score (nSPS) is 8.48. The summed E-state index contributed by atoms with van der Waals surface area (Å²) >= 11 is 0. The summed E-state index contributed by atoms with van der Waals surface area (Å²) in [6.07, 6.45) is 4.08. The number of unbranched alkanes of at least 4 members (excludes halogenated alkanes) is 2. The molecule has 0 aliphatic heterocycles. The van der Waals surface area contributed by atoms with Crippen LogP contribution in [0.15, 0.2) is 24.3 Å². The third-order valence-corrected chi connectivity index (χ3v) is 2.11. The van der Waals surface area contributed by atoms with Crippen LogP contribution in [0.4, 0.5) is 0 Å². The number of benzene rings is 1. The maximum absolute atomic E-state index is 9.44. The summed E-state index contributed by atoms with van der Waals surface area (Å²) in [5.74, 6) is 1.00. The third kappa shape index (κ3) is 45.2. The van der Waals surface area contributed by atoms with Crippen molar-refractivity contribution in [2.75, 3.05) is 0 Å². The lowest BCUT2D eigenvalue weighted by atomic mass is 10.2. The molecule has 0 N–H and O–H groups in total. The van der Waals surface area contributed by atoms with E-state index in [1.807, 2.05) is 0 Å². The molecule has 1 rings (SSSR count). The average molecular weight is 312 g/mol. The van der Waals surface area contributed by atoms with Gasteiger partial charge in [0.2, 0.25) is 0 Å². The highest BCUT2D eigenvalue weighted by molar-refractivity contribution is 7.27. The van der Waals surface area contributed by atoms with E-state index in [-0.39, 0.29) is 5.78 Å². The maximum atomic E-state index is 9.44. The van der Waals surface area contributed by atoms with E-state index < -0.39 is 0 Å². The second-order valence-corrected chi connectivity index (χ2v) is 6.57. The highest BCUT2D eigenvalue weighted by Crippen LogP contribution is 1.95. The highest BCUT2D eigenvalue weighted by atomic mass is 31.0. The minimum atomic E-state index is 0.167. The van der Waals surface area contributed by atoms with Crippen molar-refractivity contribution in [1.29, 1.82) is 0 Å². The van der Waals surface area contributed by atoms with Gasteiger partial charge in [-0.1, -0.05) is 83.7 Å². The van der Waals surface area contributed by atoms with Gasteiger partial charge in [0.15, 0.2) is 0 Å². The molecule has 0 radical (unpaired) electrons. The maximum Gasteiger partial charge on any atom is 0.126 e. The number of aryl methyl sites for hydroxylation is 1. The first-order chi connectivity index (χ1) is 9.67. The Morgan fingerprint density at radius 3 is 1.62 bits per heavy atom. The van der Waals surface area contributed by atoms with Gasteiger partial charge in [-0.15, -0.1) is 9.24 Å². The molecule has 0 aliphatic carbocycles. The lowest BCUT2D eigenvalue weighted by molar-refractivity contribution is -0.114. The van der Waals surface area contributed by atoms with E-state index in [1.54, 1.807) is 0 Å². The van der Waals surface area contributed by atoms with E-state index in [0.717, 1.165) is 5.92 Å². The predicted octanol–water partition coefficient (Wildman–Crippen LogP) is 5.95. The van der Waals surface area contributed by atoms with Crippen LogP contribution in [0.3, 0.4) is 0 Å². The Morgan fingerprint density at radius 2 is 1.48 bits per heavy atom.